The molecular formula is C8H10ClF2N3. The molecule has 0 amide bonds. The lowest BCUT2D eigenvalue weighted by molar-refractivity contribution is 0.0509. The van der Waals surface area contributed by atoms with E-state index in [0.717, 1.165) is 0 Å². The smallest absolute Gasteiger partial charge is 0.245 e. The molecule has 0 N–H and O–H groups in total. The number of aryl methyl sites for hydroxylation is 1. The molecule has 0 aromatic carbocycles. The van der Waals surface area contributed by atoms with Crippen LogP contribution in [-0.2, 0) is 6.54 Å². The van der Waals surface area contributed by atoms with Gasteiger partial charge in [0.2, 0.25) is 11.7 Å². The maximum absolute atomic E-state index is 12.6. The van der Waals surface area contributed by atoms with E-state index in [9.17, 15) is 8.78 Å². The van der Waals surface area contributed by atoms with Crippen LogP contribution >= 0.6 is 11.6 Å². The van der Waals surface area contributed by atoms with Crippen molar-refractivity contribution in [3.8, 4) is 0 Å². The van der Waals surface area contributed by atoms with E-state index in [1.165, 1.54) is 0 Å². The molecular weight excluding hydrogens is 212 g/mol. The van der Waals surface area contributed by atoms with Gasteiger partial charge in [-0.15, -0.1) is 10.2 Å². The Bertz CT molecular complexity index is 327. The first kappa shape index (κ1) is 9.83. The lowest BCUT2D eigenvalue weighted by Crippen LogP contribution is -2.20. The zero-order chi connectivity index (χ0) is 10.3. The third kappa shape index (κ3) is 1.49. The van der Waals surface area contributed by atoms with Gasteiger partial charge >= 0.3 is 0 Å². The van der Waals surface area contributed by atoms with Crippen LogP contribution in [-0.4, -0.2) is 21.2 Å². The lowest BCUT2D eigenvalue weighted by Gasteiger charge is -2.15. The Morgan fingerprint density at radius 3 is 2.50 bits per heavy atom. The van der Waals surface area contributed by atoms with Gasteiger partial charge in [-0.1, -0.05) is 0 Å². The minimum absolute atomic E-state index is 0.189. The predicted molar refractivity (Wildman–Crippen MR) is 47.4 cm³/mol. The number of aromatic nitrogens is 3. The molecule has 14 heavy (non-hydrogen) atoms. The molecule has 0 saturated heterocycles. The van der Waals surface area contributed by atoms with Gasteiger partial charge in [0.25, 0.3) is 0 Å². The van der Waals surface area contributed by atoms with Crippen LogP contribution in [0.2, 0.25) is 5.28 Å². The number of nitrogens with zero attached hydrogens (tertiary/aromatic N) is 3. The van der Waals surface area contributed by atoms with Crippen molar-refractivity contribution in [3.05, 3.63) is 11.1 Å². The third-order valence-corrected chi connectivity index (χ3v) is 3.00. The van der Waals surface area contributed by atoms with E-state index < -0.39 is 11.8 Å². The Balaban J connectivity index is 2.19. The quantitative estimate of drug-likeness (QED) is 0.784. The van der Waals surface area contributed by atoms with Crippen LogP contribution < -0.4 is 0 Å². The van der Waals surface area contributed by atoms with Crippen molar-refractivity contribution in [2.24, 2.45) is 5.41 Å². The maximum Gasteiger partial charge on any atom is 0.245 e. The van der Waals surface area contributed by atoms with Crippen LogP contribution in [0.5, 0.6) is 0 Å². The minimum Gasteiger partial charge on any atom is -0.301 e. The van der Waals surface area contributed by atoms with Crippen LogP contribution in [0, 0.1) is 12.3 Å². The van der Waals surface area contributed by atoms with Gasteiger partial charge in [0.15, 0.2) is 0 Å². The van der Waals surface area contributed by atoms with E-state index in [0.29, 0.717) is 18.7 Å². The van der Waals surface area contributed by atoms with Crippen molar-refractivity contribution in [2.75, 3.05) is 0 Å². The Morgan fingerprint density at radius 1 is 1.50 bits per heavy atom. The highest BCUT2D eigenvalue weighted by atomic mass is 35.5. The SMILES string of the molecule is Cc1nnc(Cl)n1CC1(C(F)F)CC1. The molecule has 1 aromatic rings. The van der Waals surface area contributed by atoms with Gasteiger partial charge in [0.1, 0.15) is 5.82 Å². The van der Waals surface area contributed by atoms with Gasteiger partial charge in [0.05, 0.1) is 0 Å². The summed E-state index contributed by atoms with van der Waals surface area (Å²) in [4.78, 5) is 0. The minimum atomic E-state index is -2.29. The van der Waals surface area contributed by atoms with E-state index in [2.05, 4.69) is 10.2 Å². The van der Waals surface area contributed by atoms with Crippen molar-refractivity contribution in [1.82, 2.24) is 14.8 Å². The molecule has 0 bridgehead atoms. The van der Waals surface area contributed by atoms with Gasteiger partial charge in [-0.25, -0.2) is 8.78 Å². The summed E-state index contributed by atoms with van der Waals surface area (Å²) in [7, 11) is 0. The molecule has 2 rings (SSSR count). The second kappa shape index (κ2) is 3.15. The summed E-state index contributed by atoms with van der Waals surface area (Å²) in [5.41, 5.74) is -0.878. The van der Waals surface area contributed by atoms with Crippen LogP contribution in [0.3, 0.4) is 0 Å². The summed E-state index contributed by atoms with van der Waals surface area (Å²) in [5.74, 6) is 0.585. The highest BCUT2D eigenvalue weighted by Gasteiger charge is 2.51. The van der Waals surface area contributed by atoms with Gasteiger partial charge in [0, 0.05) is 12.0 Å². The monoisotopic (exact) mass is 221 g/mol. The van der Waals surface area contributed by atoms with Crippen LogP contribution in [0.4, 0.5) is 8.78 Å². The van der Waals surface area contributed by atoms with E-state index in [4.69, 9.17) is 11.6 Å². The normalized spacial score (nSPS) is 18.9. The zero-order valence-corrected chi connectivity index (χ0v) is 8.43. The number of halogens is 3. The molecule has 1 aliphatic rings. The lowest BCUT2D eigenvalue weighted by atomic mass is 10.1. The maximum atomic E-state index is 12.6. The highest BCUT2D eigenvalue weighted by Crippen LogP contribution is 2.52. The molecule has 0 radical (unpaired) electrons. The Labute approximate surface area is 85.1 Å². The second-order valence-corrected chi connectivity index (χ2v) is 4.10. The summed E-state index contributed by atoms with van der Waals surface area (Å²) in [5, 5.41) is 7.53. The summed E-state index contributed by atoms with van der Waals surface area (Å²) < 4.78 is 26.8. The summed E-state index contributed by atoms with van der Waals surface area (Å²) >= 11 is 5.73. The van der Waals surface area contributed by atoms with E-state index in [-0.39, 0.29) is 11.8 Å². The van der Waals surface area contributed by atoms with Crippen molar-refractivity contribution in [2.45, 2.75) is 32.7 Å². The number of hydrogen-bond donors (Lipinski definition) is 0. The fraction of sp³-hybridized carbons (Fsp3) is 0.750. The first-order chi connectivity index (χ1) is 6.55. The highest BCUT2D eigenvalue weighted by molar-refractivity contribution is 6.28. The Hall–Kier alpha value is -0.710. The third-order valence-electron chi connectivity index (χ3n) is 2.72. The second-order valence-electron chi connectivity index (χ2n) is 3.77. The number of alkyl halides is 2. The molecule has 0 unspecified atom stereocenters. The molecule has 0 spiro atoms. The average molecular weight is 222 g/mol. The van der Waals surface area contributed by atoms with E-state index >= 15 is 0 Å². The van der Waals surface area contributed by atoms with Gasteiger partial charge in [-0.05, 0) is 31.4 Å². The first-order valence-electron chi connectivity index (χ1n) is 4.39. The standard InChI is InChI=1S/C8H10ClF2N3/c1-5-12-13-7(9)14(5)4-8(2-3-8)6(10)11/h6H,2-4H2,1H3. The molecule has 1 heterocycles. The Kier molecular flexibility index (Phi) is 2.21. The van der Waals surface area contributed by atoms with Crippen molar-refractivity contribution >= 4 is 11.6 Å². The molecule has 0 aliphatic heterocycles. The molecule has 1 fully saturated rings. The molecule has 1 aliphatic carbocycles. The van der Waals surface area contributed by atoms with Gasteiger partial charge in [-0.2, -0.15) is 0 Å². The van der Waals surface area contributed by atoms with Crippen LogP contribution in [0.1, 0.15) is 18.7 Å². The fourth-order valence-corrected chi connectivity index (χ4v) is 1.68. The van der Waals surface area contributed by atoms with Crippen molar-refractivity contribution < 1.29 is 8.78 Å². The molecule has 3 nitrogen and oxygen atoms in total. The molecule has 6 heteroatoms. The van der Waals surface area contributed by atoms with E-state index in [1.54, 1.807) is 11.5 Å². The molecule has 0 atom stereocenters. The number of hydrogen-bond acceptors (Lipinski definition) is 2. The van der Waals surface area contributed by atoms with Crippen LogP contribution in [0.25, 0.3) is 0 Å². The number of rotatable bonds is 3. The summed E-state index contributed by atoms with van der Waals surface area (Å²) in [6, 6.07) is 0. The summed E-state index contributed by atoms with van der Waals surface area (Å²) in [6.45, 7) is 1.93. The van der Waals surface area contributed by atoms with E-state index in [1.807, 2.05) is 0 Å². The van der Waals surface area contributed by atoms with Crippen molar-refractivity contribution in [1.29, 1.82) is 0 Å². The first-order valence-corrected chi connectivity index (χ1v) is 4.76. The average Bonchev–Trinajstić information content (AvgIpc) is 2.84. The summed E-state index contributed by atoms with van der Waals surface area (Å²) in [6.07, 6.45) is -1.18. The molecule has 1 saturated carbocycles. The predicted octanol–water partition coefficient (Wildman–Crippen LogP) is 2.29. The Morgan fingerprint density at radius 2 is 2.14 bits per heavy atom. The zero-order valence-electron chi connectivity index (χ0n) is 7.67. The van der Waals surface area contributed by atoms with Gasteiger partial charge < -0.3 is 4.57 Å². The largest absolute Gasteiger partial charge is 0.301 e. The van der Waals surface area contributed by atoms with Gasteiger partial charge in [-0.3, -0.25) is 0 Å². The fourth-order valence-electron chi connectivity index (χ4n) is 1.46. The van der Waals surface area contributed by atoms with Crippen molar-refractivity contribution in [3.63, 3.8) is 0 Å². The molecule has 1 aromatic heterocycles. The topological polar surface area (TPSA) is 30.7 Å². The molecule has 78 valence electrons. The van der Waals surface area contributed by atoms with Crippen LogP contribution in [0.15, 0.2) is 0 Å².